The van der Waals surface area contributed by atoms with E-state index in [4.69, 9.17) is 9.16 Å². The minimum atomic E-state index is -2.05. The Bertz CT molecular complexity index is 624. The van der Waals surface area contributed by atoms with E-state index in [9.17, 15) is 9.90 Å². The summed E-state index contributed by atoms with van der Waals surface area (Å²) in [7, 11) is -0.721. The van der Waals surface area contributed by atoms with E-state index >= 15 is 0 Å². The highest BCUT2D eigenvalue weighted by atomic mass is 28.4. The SMILES string of the molecule is COC(=O)c1cncc2c1[C@H](O)C[C@]2(C)O[Si](C)(C)C(C)(C)C. The van der Waals surface area contributed by atoms with Crippen molar-refractivity contribution in [1.29, 1.82) is 0 Å². The lowest BCUT2D eigenvalue weighted by atomic mass is 9.99. The first-order valence-electron chi connectivity index (χ1n) is 7.88. The maximum absolute atomic E-state index is 12.0. The van der Waals surface area contributed by atoms with Crippen LogP contribution >= 0.6 is 0 Å². The van der Waals surface area contributed by atoms with E-state index in [1.165, 1.54) is 13.3 Å². The van der Waals surface area contributed by atoms with Crippen LogP contribution < -0.4 is 0 Å². The molecule has 1 N–H and O–H groups in total. The first-order chi connectivity index (χ1) is 10.4. The van der Waals surface area contributed by atoms with E-state index in [1.54, 1.807) is 6.20 Å². The van der Waals surface area contributed by atoms with Crippen molar-refractivity contribution in [1.82, 2.24) is 4.98 Å². The van der Waals surface area contributed by atoms with E-state index in [0.717, 1.165) is 5.56 Å². The summed E-state index contributed by atoms with van der Waals surface area (Å²) in [5.41, 5.74) is 1.06. The van der Waals surface area contributed by atoms with Crippen LogP contribution in [-0.4, -0.2) is 31.5 Å². The number of nitrogens with zero attached hydrogens (tertiary/aromatic N) is 1. The standard InChI is InChI=1S/C17H27NO4Si/c1-16(2,3)23(6,7)22-17(4)8-13(19)14-11(15(20)21-5)9-18-10-12(14)17/h9-10,13,19H,8H2,1-7H3/t13-,17+/m1/s1. The van der Waals surface area contributed by atoms with Gasteiger partial charge in [-0.05, 0) is 25.1 Å². The molecular weight excluding hydrogens is 310 g/mol. The predicted octanol–water partition coefficient (Wildman–Crippen LogP) is 3.54. The average Bonchev–Trinajstić information content (AvgIpc) is 2.67. The zero-order chi connectivity index (χ0) is 17.6. The lowest BCUT2D eigenvalue weighted by Gasteiger charge is -2.43. The molecule has 5 nitrogen and oxygen atoms in total. The van der Waals surface area contributed by atoms with Gasteiger partial charge in [-0.2, -0.15) is 0 Å². The minimum Gasteiger partial charge on any atom is -0.465 e. The number of methoxy groups -OCH3 is 1. The van der Waals surface area contributed by atoms with Gasteiger partial charge in [-0.15, -0.1) is 0 Å². The van der Waals surface area contributed by atoms with Crippen LogP contribution in [0.2, 0.25) is 18.1 Å². The van der Waals surface area contributed by atoms with Gasteiger partial charge in [0.1, 0.15) is 0 Å². The van der Waals surface area contributed by atoms with Gasteiger partial charge in [-0.25, -0.2) is 4.79 Å². The molecule has 23 heavy (non-hydrogen) atoms. The third-order valence-electron chi connectivity index (χ3n) is 5.17. The number of hydrogen-bond acceptors (Lipinski definition) is 5. The Morgan fingerprint density at radius 3 is 2.52 bits per heavy atom. The Hall–Kier alpha value is -1.24. The van der Waals surface area contributed by atoms with Crippen molar-refractivity contribution >= 4 is 14.3 Å². The number of fused-ring (bicyclic) bond motifs is 1. The molecule has 1 aliphatic carbocycles. The molecule has 6 heteroatoms. The van der Waals surface area contributed by atoms with Crippen molar-refractivity contribution < 1.29 is 19.1 Å². The van der Waals surface area contributed by atoms with E-state index in [-0.39, 0.29) is 5.04 Å². The van der Waals surface area contributed by atoms with Crippen molar-refractivity contribution in [2.75, 3.05) is 7.11 Å². The Kier molecular flexibility index (Phi) is 4.47. The fourth-order valence-electron chi connectivity index (χ4n) is 2.92. The molecule has 2 atom stereocenters. The number of pyridine rings is 1. The Morgan fingerprint density at radius 1 is 1.39 bits per heavy atom. The number of aliphatic hydroxyl groups is 1. The van der Waals surface area contributed by atoms with Gasteiger partial charge in [0.2, 0.25) is 0 Å². The smallest absolute Gasteiger partial charge is 0.339 e. The molecule has 0 spiro atoms. The highest BCUT2D eigenvalue weighted by Gasteiger charge is 2.49. The Morgan fingerprint density at radius 2 is 2.00 bits per heavy atom. The molecule has 0 aromatic carbocycles. The first kappa shape index (κ1) is 18.1. The number of aromatic nitrogens is 1. The van der Waals surface area contributed by atoms with Crippen LogP contribution in [0.4, 0.5) is 0 Å². The van der Waals surface area contributed by atoms with Crippen molar-refractivity contribution in [3.05, 3.63) is 29.1 Å². The van der Waals surface area contributed by atoms with Crippen LogP contribution in [-0.2, 0) is 14.8 Å². The quantitative estimate of drug-likeness (QED) is 0.675. The number of esters is 1. The maximum atomic E-state index is 12.0. The first-order valence-corrected chi connectivity index (χ1v) is 10.8. The summed E-state index contributed by atoms with van der Waals surface area (Å²) in [5, 5.41) is 10.6. The van der Waals surface area contributed by atoms with Gasteiger partial charge >= 0.3 is 5.97 Å². The van der Waals surface area contributed by atoms with Crippen LogP contribution in [0.25, 0.3) is 0 Å². The second kappa shape index (κ2) is 5.68. The summed E-state index contributed by atoms with van der Waals surface area (Å²) >= 11 is 0. The lowest BCUT2D eigenvalue weighted by molar-refractivity contribution is 0.0328. The summed E-state index contributed by atoms with van der Waals surface area (Å²) in [6.07, 6.45) is 2.82. The second-order valence-electron chi connectivity index (χ2n) is 7.95. The summed E-state index contributed by atoms with van der Waals surface area (Å²) in [6.45, 7) is 12.9. The second-order valence-corrected chi connectivity index (χ2v) is 12.7. The molecule has 0 unspecified atom stereocenters. The van der Waals surface area contributed by atoms with Crippen LogP contribution in [0.15, 0.2) is 12.4 Å². The Balaban J connectivity index is 2.50. The molecule has 0 amide bonds. The number of hydrogen-bond donors (Lipinski definition) is 1. The van der Waals surface area contributed by atoms with E-state index < -0.39 is 26.0 Å². The molecule has 1 aliphatic rings. The topological polar surface area (TPSA) is 68.7 Å². The van der Waals surface area contributed by atoms with Crippen LogP contribution in [0, 0.1) is 0 Å². The summed E-state index contributed by atoms with van der Waals surface area (Å²) < 4.78 is 11.4. The largest absolute Gasteiger partial charge is 0.465 e. The van der Waals surface area contributed by atoms with E-state index in [2.05, 4.69) is 38.8 Å². The number of carbonyl (C=O) groups is 1. The zero-order valence-electron chi connectivity index (χ0n) is 15.1. The molecule has 1 aromatic rings. The van der Waals surface area contributed by atoms with Crippen LogP contribution in [0.5, 0.6) is 0 Å². The monoisotopic (exact) mass is 337 g/mol. The lowest BCUT2D eigenvalue weighted by Crippen LogP contribution is -2.46. The number of aliphatic hydroxyl groups excluding tert-OH is 1. The molecule has 0 aliphatic heterocycles. The molecule has 0 radical (unpaired) electrons. The molecule has 128 valence electrons. The fraction of sp³-hybridized carbons (Fsp3) is 0.647. The summed E-state index contributed by atoms with van der Waals surface area (Å²) in [6, 6.07) is 0. The molecule has 1 aromatic heterocycles. The predicted molar refractivity (Wildman–Crippen MR) is 90.8 cm³/mol. The minimum absolute atomic E-state index is 0.0527. The molecule has 1 heterocycles. The van der Waals surface area contributed by atoms with Gasteiger partial charge in [0.05, 0.1) is 24.4 Å². The van der Waals surface area contributed by atoms with Gasteiger partial charge in [0.25, 0.3) is 0 Å². The highest BCUT2D eigenvalue weighted by molar-refractivity contribution is 6.74. The van der Waals surface area contributed by atoms with Crippen LogP contribution in [0.1, 0.15) is 61.7 Å². The highest BCUT2D eigenvalue weighted by Crippen LogP contribution is 2.50. The maximum Gasteiger partial charge on any atom is 0.339 e. The van der Waals surface area contributed by atoms with E-state index in [1.807, 2.05) is 6.92 Å². The van der Waals surface area contributed by atoms with Gasteiger partial charge in [-0.3, -0.25) is 4.98 Å². The molecule has 2 rings (SSSR count). The fourth-order valence-corrected chi connectivity index (χ4v) is 4.54. The van der Waals surface area contributed by atoms with Crippen molar-refractivity contribution in [3.63, 3.8) is 0 Å². The third-order valence-corrected chi connectivity index (χ3v) is 9.74. The molecule has 0 fully saturated rings. The zero-order valence-corrected chi connectivity index (χ0v) is 16.1. The van der Waals surface area contributed by atoms with Gasteiger partial charge in [0, 0.05) is 29.9 Å². The number of rotatable bonds is 3. The number of carbonyl (C=O) groups excluding carboxylic acids is 1. The molecular formula is C17H27NO4Si. The van der Waals surface area contributed by atoms with Gasteiger partial charge in [-0.1, -0.05) is 20.8 Å². The van der Waals surface area contributed by atoms with Crippen molar-refractivity contribution in [2.45, 2.75) is 64.0 Å². The van der Waals surface area contributed by atoms with Crippen molar-refractivity contribution in [3.8, 4) is 0 Å². The summed E-state index contributed by atoms with van der Waals surface area (Å²) in [5.74, 6) is -0.482. The molecule has 0 bridgehead atoms. The van der Waals surface area contributed by atoms with Crippen LogP contribution in [0.3, 0.4) is 0 Å². The average molecular weight is 337 g/mol. The normalized spacial score (nSPS) is 24.4. The molecule has 0 saturated carbocycles. The van der Waals surface area contributed by atoms with E-state index in [0.29, 0.717) is 17.5 Å². The molecule has 0 saturated heterocycles. The Labute approximate surface area is 139 Å². The third kappa shape index (κ3) is 3.07. The number of ether oxygens (including phenoxy) is 1. The van der Waals surface area contributed by atoms with Crippen molar-refractivity contribution in [2.24, 2.45) is 0 Å². The van der Waals surface area contributed by atoms with Gasteiger partial charge in [0.15, 0.2) is 8.32 Å². The summed E-state index contributed by atoms with van der Waals surface area (Å²) in [4.78, 5) is 16.1. The van der Waals surface area contributed by atoms with Gasteiger partial charge < -0.3 is 14.3 Å².